The molecule has 2 aliphatic rings. The third-order valence-corrected chi connectivity index (χ3v) is 7.74. The molecule has 0 spiro atoms. The highest BCUT2D eigenvalue weighted by atomic mass is 19.4. The fourth-order valence-corrected chi connectivity index (χ4v) is 5.44. The lowest BCUT2D eigenvalue weighted by atomic mass is 9.88. The number of benzene rings is 2. The second-order valence-corrected chi connectivity index (χ2v) is 11.6. The molecule has 2 aliphatic heterocycles. The Morgan fingerprint density at radius 2 is 1.13 bits per heavy atom. The van der Waals surface area contributed by atoms with E-state index in [2.05, 4.69) is 42.3 Å². The van der Waals surface area contributed by atoms with Crippen LogP contribution < -0.4 is 21.3 Å². The quantitative estimate of drug-likeness (QED) is 0.111. The van der Waals surface area contributed by atoms with Gasteiger partial charge in [-0.05, 0) is 61.0 Å². The topological polar surface area (TPSA) is 231 Å². The van der Waals surface area contributed by atoms with Crippen molar-refractivity contribution in [2.75, 3.05) is 10.6 Å². The Bertz CT molecular complexity index is 2360. The molecule has 8 rings (SSSR count). The second kappa shape index (κ2) is 14.3. The molecule has 4 aromatic heterocycles. The van der Waals surface area contributed by atoms with E-state index < -0.39 is 35.6 Å². The lowest BCUT2D eigenvalue weighted by Crippen LogP contribution is -2.61. The van der Waals surface area contributed by atoms with Crippen molar-refractivity contribution in [1.29, 1.82) is 0 Å². The molecule has 55 heavy (non-hydrogen) atoms. The van der Waals surface area contributed by atoms with Crippen LogP contribution in [0, 0.1) is 6.92 Å². The first-order valence-corrected chi connectivity index (χ1v) is 15.6. The lowest BCUT2D eigenvalue weighted by Gasteiger charge is -2.35. The molecule has 0 saturated carbocycles. The Balaban J connectivity index is 0.000000315. The van der Waals surface area contributed by atoms with Crippen LogP contribution in [-0.4, -0.2) is 76.3 Å². The molecule has 2 aromatic carbocycles. The number of anilines is 2. The number of carboxylic acid groups (broad SMARTS) is 2. The van der Waals surface area contributed by atoms with Crippen molar-refractivity contribution in [1.82, 2.24) is 40.5 Å². The molecule has 8 N–H and O–H groups in total. The van der Waals surface area contributed by atoms with E-state index in [9.17, 15) is 26.3 Å². The van der Waals surface area contributed by atoms with Gasteiger partial charge in [0.2, 0.25) is 35.1 Å². The molecule has 0 bridgehead atoms. The first kappa shape index (κ1) is 37.5. The number of carbonyl (C=O) groups is 2. The Morgan fingerprint density at radius 1 is 0.655 bits per heavy atom. The van der Waals surface area contributed by atoms with Gasteiger partial charge in [0.15, 0.2) is 0 Å². The molecular weight excluding hydrogens is 742 g/mol. The zero-order chi connectivity index (χ0) is 39.6. The average Bonchev–Trinajstić information content (AvgIpc) is 3.88. The van der Waals surface area contributed by atoms with Gasteiger partial charge < -0.3 is 30.8 Å². The fourth-order valence-electron chi connectivity index (χ4n) is 5.44. The summed E-state index contributed by atoms with van der Waals surface area (Å²) in [5.74, 6) is -3.51. The number of aryl methyl sites for hydroxylation is 1. The maximum absolute atomic E-state index is 10.6. The third kappa shape index (κ3) is 7.77. The summed E-state index contributed by atoms with van der Waals surface area (Å²) in [7, 11) is 0. The Hall–Kier alpha value is -7.26. The van der Waals surface area contributed by atoms with Crippen molar-refractivity contribution in [2.24, 2.45) is 9.98 Å². The highest BCUT2D eigenvalue weighted by molar-refractivity contribution is 6.01. The lowest BCUT2D eigenvalue weighted by molar-refractivity contribution is -0.193. The number of carboxylic acids is 2. The van der Waals surface area contributed by atoms with Crippen molar-refractivity contribution < 1.29 is 46.1 Å². The molecule has 2 atom stereocenters. The van der Waals surface area contributed by atoms with E-state index in [1.165, 1.54) is 0 Å². The first-order chi connectivity index (χ1) is 26.0. The predicted molar refractivity (Wildman–Crippen MR) is 185 cm³/mol. The van der Waals surface area contributed by atoms with Crippen LogP contribution >= 0.6 is 0 Å². The third-order valence-electron chi connectivity index (χ3n) is 7.74. The first-order valence-electron chi connectivity index (χ1n) is 15.6. The number of imidazole rings is 2. The number of aliphatic imine (C=N–C) groups is 2. The van der Waals surface area contributed by atoms with Crippen molar-refractivity contribution in [3.63, 3.8) is 0 Å². The summed E-state index contributed by atoms with van der Waals surface area (Å²) in [5, 5.41) is 28.0. The highest BCUT2D eigenvalue weighted by Crippen LogP contribution is 2.48. The number of rotatable bonds is 4. The SMILES string of the molecule is Cc1ccc2nc(NC3=NC4(c5ccccn5)N=C(Nc5nc6ccccc6[nH]5)NC4(c4ccccn4)N3)[nH]c2c1.O=C(O)C(F)(F)F.O=C(O)C(F)(F)F. The van der Waals surface area contributed by atoms with Crippen LogP contribution in [-0.2, 0) is 20.9 Å². The smallest absolute Gasteiger partial charge is 0.475 e. The van der Waals surface area contributed by atoms with Crippen molar-refractivity contribution in [3.05, 3.63) is 108 Å². The summed E-state index contributed by atoms with van der Waals surface area (Å²) in [6.07, 6.45) is -6.69. The Morgan fingerprint density at radius 3 is 1.62 bits per heavy atom. The number of hydrogen-bond donors (Lipinski definition) is 8. The maximum atomic E-state index is 10.6. The summed E-state index contributed by atoms with van der Waals surface area (Å²) in [6.45, 7) is 2.05. The summed E-state index contributed by atoms with van der Waals surface area (Å²) in [6, 6.07) is 25.3. The molecule has 0 amide bonds. The molecule has 0 radical (unpaired) electrons. The van der Waals surface area contributed by atoms with Gasteiger partial charge in [-0.3, -0.25) is 20.6 Å². The molecule has 0 aliphatic carbocycles. The number of alkyl halides is 6. The summed E-state index contributed by atoms with van der Waals surface area (Å²) in [4.78, 5) is 53.5. The number of halogens is 6. The molecule has 2 unspecified atom stereocenters. The largest absolute Gasteiger partial charge is 0.490 e. The average molecular weight is 769 g/mol. The number of nitrogens with one attached hydrogen (secondary N) is 6. The normalized spacial score (nSPS) is 18.7. The molecule has 0 fully saturated rings. The number of aromatic nitrogens is 6. The standard InChI is InChI=1S/C29H24N12.2C2HF3O2/c1-17-12-13-20-21(16-17)35-25(34-20)37-27-40-28(22-10-4-6-14-30-22)29(41-27,23-11-5-7-15-31-23)39-26(38-28)36-24-32-18-8-2-3-9-19(18)33-24;2*3-2(4,5)1(6)7/h2-16H,1H3,(H3,32,33,36,38,39)(H3,34,35,37,40,41);2*(H,6,7). The van der Waals surface area contributed by atoms with Gasteiger partial charge in [0.25, 0.3) is 0 Å². The van der Waals surface area contributed by atoms with Crippen LogP contribution in [0.2, 0.25) is 0 Å². The minimum atomic E-state index is -5.08. The molecule has 22 heteroatoms. The molecule has 284 valence electrons. The predicted octanol–water partition coefficient (Wildman–Crippen LogP) is 4.95. The zero-order valence-corrected chi connectivity index (χ0v) is 27.8. The maximum Gasteiger partial charge on any atom is 0.490 e. The molecule has 6 heterocycles. The van der Waals surface area contributed by atoms with Crippen LogP contribution in [0.4, 0.5) is 38.2 Å². The van der Waals surface area contributed by atoms with Gasteiger partial charge in [-0.1, -0.05) is 30.3 Å². The van der Waals surface area contributed by atoms with Gasteiger partial charge in [-0.2, -0.15) is 26.3 Å². The van der Waals surface area contributed by atoms with Crippen molar-refractivity contribution in [2.45, 2.75) is 30.6 Å². The van der Waals surface area contributed by atoms with E-state index in [1.54, 1.807) is 12.4 Å². The Labute approximate surface area is 303 Å². The van der Waals surface area contributed by atoms with Gasteiger partial charge in [0, 0.05) is 12.4 Å². The van der Waals surface area contributed by atoms with Gasteiger partial charge in [-0.25, -0.2) is 29.5 Å². The molecular formula is C33H26F6N12O4. The highest BCUT2D eigenvalue weighted by Gasteiger charge is 2.65. The minimum absolute atomic E-state index is 0.454. The molecule has 6 aromatic rings. The number of fused-ring (bicyclic) bond motifs is 3. The van der Waals surface area contributed by atoms with Crippen LogP contribution in [0.25, 0.3) is 22.1 Å². The van der Waals surface area contributed by atoms with Crippen LogP contribution in [0.15, 0.2) is 101 Å². The summed E-state index contributed by atoms with van der Waals surface area (Å²) in [5.41, 5.74) is 3.60. The van der Waals surface area contributed by atoms with Gasteiger partial charge >= 0.3 is 24.3 Å². The van der Waals surface area contributed by atoms with E-state index in [4.69, 9.17) is 44.7 Å². The number of aromatic amines is 2. The van der Waals surface area contributed by atoms with Crippen LogP contribution in [0.3, 0.4) is 0 Å². The van der Waals surface area contributed by atoms with Gasteiger partial charge in [0.05, 0.1) is 33.5 Å². The summed E-state index contributed by atoms with van der Waals surface area (Å²) >= 11 is 0. The number of hydrogen-bond acceptors (Lipinski definition) is 12. The molecule has 0 saturated heterocycles. The summed E-state index contributed by atoms with van der Waals surface area (Å²) < 4.78 is 63.5. The van der Waals surface area contributed by atoms with E-state index in [0.717, 1.165) is 27.6 Å². The van der Waals surface area contributed by atoms with Crippen molar-refractivity contribution in [3.8, 4) is 0 Å². The van der Waals surface area contributed by atoms with Crippen LogP contribution in [0.1, 0.15) is 17.0 Å². The van der Waals surface area contributed by atoms with Gasteiger partial charge in [0.1, 0.15) is 0 Å². The Kier molecular flexibility index (Phi) is 9.74. The zero-order valence-electron chi connectivity index (χ0n) is 27.8. The van der Waals surface area contributed by atoms with Crippen molar-refractivity contribution >= 4 is 57.8 Å². The monoisotopic (exact) mass is 768 g/mol. The number of nitrogens with zero attached hydrogens (tertiary/aromatic N) is 6. The number of pyridine rings is 2. The number of para-hydroxylation sites is 2. The minimum Gasteiger partial charge on any atom is -0.475 e. The van der Waals surface area contributed by atoms with E-state index in [1.807, 2.05) is 79.7 Å². The van der Waals surface area contributed by atoms with Gasteiger partial charge in [-0.15, -0.1) is 0 Å². The second-order valence-electron chi connectivity index (χ2n) is 11.6. The molecule has 16 nitrogen and oxygen atoms in total. The van der Waals surface area contributed by atoms with E-state index >= 15 is 0 Å². The van der Waals surface area contributed by atoms with E-state index in [0.29, 0.717) is 35.2 Å². The van der Waals surface area contributed by atoms with Crippen LogP contribution in [0.5, 0.6) is 0 Å². The number of aliphatic carboxylic acids is 2. The number of guanidine groups is 2. The fraction of sp³-hybridized carbons (Fsp3) is 0.152. The number of H-pyrrole nitrogens is 2. The van der Waals surface area contributed by atoms with E-state index in [-0.39, 0.29) is 0 Å².